The van der Waals surface area contributed by atoms with E-state index in [4.69, 9.17) is 11.6 Å². The fraction of sp³-hybridized carbons (Fsp3) is 0.0476. The normalized spacial score (nSPS) is 10.6. The molecule has 4 aromatic rings. The van der Waals surface area contributed by atoms with E-state index in [0.29, 0.717) is 22.2 Å². The van der Waals surface area contributed by atoms with Crippen LogP contribution < -0.4 is 10.6 Å². The maximum atomic E-state index is 12.6. The molecule has 7 heteroatoms. The van der Waals surface area contributed by atoms with Crippen molar-refractivity contribution in [2.75, 3.05) is 10.6 Å². The first-order valence-corrected chi connectivity index (χ1v) is 8.99. The van der Waals surface area contributed by atoms with E-state index in [1.54, 1.807) is 6.20 Å². The second-order valence-electron chi connectivity index (χ2n) is 6.17. The lowest BCUT2D eigenvalue weighted by Crippen LogP contribution is -2.13. The van der Waals surface area contributed by atoms with Crippen LogP contribution in [0.5, 0.6) is 0 Å². The summed E-state index contributed by atoms with van der Waals surface area (Å²) >= 11 is 6.13. The summed E-state index contributed by atoms with van der Waals surface area (Å²) < 4.78 is 0. The summed E-state index contributed by atoms with van der Waals surface area (Å²) in [5.74, 6) is 0.0809. The van der Waals surface area contributed by atoms with E-state index < -0.39 is 0 Å². The number of pyridine rings is 1. The summed E-state index contributed by atoms with van der Waals surface area (Å²) in [7, 11) is 0. The fourth-order valence-electron chi connectivity index (χ4n) is 2.77. The van der Waals surface area contributed by atoms with Gasteiger partial charge >= 0.3 is 0 Å². The zero-order chi connectivity index (χ0) is 19.5. The first kappa shape index (κ1) is 17.9. The summed E-state index contributed by atoms with van der Waals surface area (Å²) in [6.45, 7) is 1.91. The number of nitrogens with zero attached hydrogens (tertiary/aromatic N) is 3. The van der Waals surface area contributed by atoms with Crippen LogP contribution >= 0.6 is 11.6 Å². The van der Waals surface area contributed by atoms with Gasteiger partial charge in [0.25, 0.3) is 5.91 Å². The molecule has 0 fully saturated rings. The third-order valence-corrected chi connectivity index (χ3v) is 4.72. The average molecular weight is 390 g/mol. The van der Waals surface area contributed by atoms with E-state index in [9.17, 15) is 4.79 Å². The van der Waals surface area contributed by atoms with Crippen molar-refractivity contribution < 1.29 is 4.79 Å². The molecule has 0 saturated carbocycles. The summed E-state index contributed by atoms with van der Waals surface area (Å²) in [6, 6.07) is 15.0. The smallest absolute Gasteiger partial charge is 0.258 e. The fourth-order valence-corrected chi connectivity index (χ4v) is 2.95. The van der Waals surface area contributed by atoms with Gasteiger partial charge in [0.1, 0.15) is 0 Å². The Balaban J connectivity index is 1.52. The van der Waals surface area contributed by atoms with Crippen molar-refractivity contribution in [1.82, 2.24) is 15.0 Å². The first-order chi connectivity index (χ1) is 13.6. The standard InChI is InChI=1S/C21H16ClN5O/c1-13-16(22)7-3-8-17(13)27-21-24-11-15(12-25-21)20(28)26-18-9-2-5-14-6-4-10-23-19(14)18/h2-12H,1H3,(H,26,28)(H,24,25,27). The van der Waals surface area contributed by atoms with Crippen molar-refractivity contribution in [1.29, 1.82) is 0 Å². The van der Waals surface area contributed by atoms with Crippen LogP contribution in [0.15, 0.2) is 67.1 Å². The highest BCUT2D eigenvalue weighted by molar-refractivity contribution is 6.31. The number of anilines is 3. The molecule has 2 N–H and O–H groups in total. The highest BCUT2D eigenvalue weighted by atomic mass is 35.5. The molecule has 2 aromatic carbocycles. The molecule has 0 aliphatic carbocycles. The number of para-hydroxylation sites is 1. The lowest BCUT2D eigenvalue weighted by Gasteiger charge is -2.10. The van der Waals surface area contributed by atoms with Crippen LogP contribution in [0.4, 0.5) is 17.3 Å². The molecular weight excluding hydrogens is 374 g/mol. The Bertz CT molecular complexity index is 1160. The molecule has 28 heavy (non-hydrogen) atoms. The molecule has 0 aliphatic rings. The zero-order valence-corrected chi connectivity index (χ0v) is 15.7. The van der Waals surface area contributed by atoms with Crippen LogP contribution in [0.25, 0.3) is 10.9 Å². The van der Waals surface area contributed by atoms with Crippen molar-refractivity contribution in [2.45, 2.75) is 6.92 Å². The number of aromatic nitrogens is 3. The highest BCUT2D eigenvalue weighted by Crippen LogP contribution is 2.25. The molecule has 0 saturated heterocycles. The second kappa shape index (κ2) is 7.62. The lowest BCUT2D eigenvalue weighted by atomic mass is 10.2. The van der Waals surface area contributed by atoms with Crippen molar-refractivity contribution in [2.24, 2.45) is 0 Å². The van der Waals surface area contributed by atoms with Gasteiger partial charge in [-0.2, -0.15) is 0 Å². The average Bonchev–Trinajstić information content (AvgIpc) is 2.72. The number of benzene rings is 2. The van der Waals surface area contributed by atoms with E-state index in [-0.39, 0.29) is 5.91 Å². The summed E-state index contributed by atoms with van der Waals surface area (Å²) in [6.07, 6.45) is 4.64. The van der Waals surface area contributed by atoms with E-state index in [1.165, 1.54) is 12.4 Å². The van der Waals surface area contributed by atoms with E-state index in [1.807, 2.05) is 55.5 Å². The van der Waals surface area contributed by atoms with Gasteiger partial charge in [0.15, 0.2) is 0 Å². The molecule has 0 aliphatic heterocycles. The van der Waals surface area contributed by atoms with Gasteiger partial charge in [-0.05, 0) is 36.8 Å². The number of carbonyl (C=O) groups excluding carboxylic acids is 1. The molecule has 2 aromatic heterocycles. The van der Waals surface area contributed by atoms with Crippen LogP contribution in [0, 0.1) is 6.92 Å². The zero-order valence-electron chi connectivity index (χ0n) is 15.0. The molecule has 0 spiro atoms. The predicted octanol–water partition coefficient (Wildman–Crippen LogP) is 4.98. The largest absolute Gasteiger partial charge is 0.324 e. The Hall–Kier alpha value is -3.51. The Morgan fingerprint density at radius 3 is 2.46 bits per heavy atom. The quantitative estimate of drug-likeness (QED) is 0.514. The van der Waals surface area contributed by atoms with Crippen molar-refractivity contribution in [3.8, 4) is 0 Å². The third-order valence-electron chi connectivity index (χ3n) is 4.31. The lowest BCUT2D eigenvalue weighted by molar-refractivity contribution is 0.102. The summed E-state index contributed by atoms with van der Waals surface area (Å²) in [4.78, 5) is 25.4. The van der Waals surface area contributed by atoms with E-state index in [0.717, 1.165) is 22.2 Å². The maximum Gasteiger partial charge on any atom is 0.258 e. The van der Waals surface area contributed by atoms with Crippen LogP contribution in [-0.2, 0) is 0 Å². The molecule has 1 amide bonds. The van der Waals surface area contributed by atoms with Crippen molar-refractivity contribution in [3.05, 3.63) is 83.3 Å². The van der Waals surface area contributed by atoms with Gasteiger partial charge < -0.3 is 10.6 Å². The van der Waals surface area contributed by atoms with Crippen molar-refractivity contribution >= 4 is 45.7 Å². The van der Waals surface area contributed by atoms with Gasteiger partial charge in [-0.15, -0.1) is 0 Å². The van der Waals surface area contributed by atoms with Gasteiger partial charge in [-0.1, -0.05) is 35.9 Å². The number of amides is 1. The molecular formula is C21H16ClN5O. The minimum absolute atomic E-state index is 0.302. The SMILES string of the molecule is Cc1c(Cl)cccc1Nc1ncc(C(=O)Nc2cccc3cccnc23)cn1. The molecule has 0 bridgehead atoms. The number of hydrogen-bond donors (Lipinski definition) is 2. The third kappa shape index (κ3) is 3.63. The minimum Gasteiger partial charge on any atom is -0.324 e. The van der Waals surface area contributed by atoms with Gasteiger partial charge in [0.2, 0.25) is 5.95 Å². The topological polar surface area (TPSA) is 79.8 Å². The molecule has 4 rings (SSSR count). The van der Waals surface area contributed by atoms with Crippen LogP contribution in [0.1, 0.15) is 15.9 Å². The number of rotatable bonds is 4. The van der Waals surface area contributed by atoms with Crippen LogP contribution in [0.2, 0.25) is 5.02 Å². The summed E-state index contributed by atoms with van der Waals surface area (Å²) in [5.41, 5.74) is 3.43. The number of carbonyl (C=O) groups is 1. The number of nitrogens with one attached hydrogen (secondary N) is 2. The number of fused-ring (bicyclic) bond motifs is 1. The van der Waals surface area contributed by atoms with Gasteiger partial charge in [-0.3, -0.25) is 9.78 Å². The molecule has 6 nitrogen and oxygen atoms in total. The van der Waals surface area contributed by atoms with Crippen LogP contribution in [-0.4, -0.2) is 20.9 Å². The maximum absolute atomic E-state index is 12.6. The molecule has 0 radical (unpaired) electrons. The monoisotopic (exact) mass is 389 g/mol. The van der Waals surface area contributed by atoms with Gasteiger partial charge in [0.05, 0.1) is 16.8 Å². The first-order valence-electron chi connectivity index (χ1n) is 8.61. The van der Waals surface area contributed by atoms with Crippen LogP contribution in [0.3, 0.4) is 0 Å². The Morgan fingerprint density at radius 1 is 0.929 bits per heavy atom. The molecule has 0 unspecified atom stereocenters. The second-order valence-corrected chi connectivity index (χ2v) is 6.57. The molecule has 2 heterocycles. The molecule has 0 atom stereocenters. The van der Waals surface area contributed by atoms with Gasteiger partial charge in [0, 0.05) is 34.7 Å². The van der Waals surface area contributed by atoms with Gasteiger partial charge in [-0.25, -0.2) is 9.97 Å². The Morgan fingerprint density at radius 2 is 1.64 bits per heavy atom. The predicted molar refractivity (Wildman–Crippen MR) is 111 cm³/mol. The Kier molecular flexibility index (Phi) is 4.87. The number of halogens is 1. The number of hydrogen-bond acceptors (Lipinski definition) is 5. The van der Waals surface area contributed by atoms with E-state index >= 15 is 0 Å². The molecule has 138 valence electrons. The summed E-state index contributed by atoms with van der Waals surface area (Å²) in [5, 5.41) is 7.58. The van der Waals surface area contributed by atoms with E-state index in [2.05, 4.69) is 25.6 Å². The minimum atomic E-state index is -0.302. The highest BCUT2D eigenvalue weighted by Gasteiger charge is 2.11. The Labute approximate surface area is 166 Å². The van der Waals surface area contributed by atoms with Crippen molar-refractivity contribution in [3.63, 3.8) is 0 Å².